The molecule has 1 aliphatic heterocycles. The fraction of sp³-hybridized carbons (Fsp3) is 0.588. The van der Waals surface area contributed by atoms with Crippen LogP contribution in [0.4, 0.5) is 0 Å². The monoisotopic (exact) mass is 339 g/mol. The number of hydrogen-bond acceptors (Lipinski definition) is 3. The van der Waals surface area contributed by atoms with Crippen LogP contribution in [0.2, 0.25) is 5.02 Å². The van der Waals surface area contributed by atoms with Crippen LogP contribution in [0.1, 0.15) is 18.4 Å². The molecule has 6 heteroatoms. The lowest BCUT2D eigenvalue weighted by molar-refractivity contribution is 0.0514. The second kappa shape index (κ2) is 9.11. The average Bonchev–Trinajstić information content (AvgIpc) is 2.59. The van der Waals surface area contributed by atoms with Crippen molar-refractivity contribution in [3.05, 3.63) is 34.9 Å². The largest absolute Gasteiger partial charge is 0.383 e. The average molecular weight is 340 g/mol. The summed E-state index contributed by atoms with van der Waals surface area (Å²) in [5.41, 5.74) is 1.15. The predicted molar refractivity (Wildman–Crippen MR) is 94.4 cm³/mol. The van der Waals surface area contributed by atoms with Crippen LogP contribution in [0.3, 0.4) is 0 Å². The summed E-state index contributed by atoms with van der Waals surface area (Å²) in [4.78, 5) is 4.27. The molecule has 0 saturated carbocycles. The summed E-state index contributed by atoms with van der Waals surface area (Å²) in [6, 6.07) is 8.10. The van der Waals surface area contributed by atoms with Crippen molar-refractivity contribution in [1.82, 2.24) is 10.6 Å². The van der Waals surface area contributed by atoms with E-state index in [0.717, 1.165) is 50.1 Å². The third-order valence-electron chi connectivity index (χ3n) is 4.31. The van der Waals surface area contributed by atoms with Crippen molar-refractivity contribution in [3.8, 4) is 0 Å². The fourth-order valence-electron chi connectivity index (χ4n) is 2.94. The van der Waals surface area contributed by atoms with E-state index in [1.165, 1.54) is 5.56 Å². The van der Waals surface area contributed by atoms with Gasteiger partial charge in [0.2, 0.25) is 0 Å². The van der Waals surface area contributed by atoms with Crippen molar-refractivity contribution in [3.63, 3.8) is 0 Å². The smallest absolute Gasteiger partial charge is 0.191 e. The number of methoxy groups -OCH3 is 1. The SMILES string of the molecule is CN=C(NCCOC)NCC1(c2ccccc2Cl)CCOCC1. The van der Waals surface area contributed by atoms with E-state index in [4.69, 9.17) is 21.1 Å². The quantitative estimate of drug-likeness (QED) is 0.474. The van der Waals surface area contributed by atoms with Gasteiger partial charge < -0.3 is 20.1 Å². The molecule has 0 spiro atoms. The van der Waals surface area contributed by atoms with Gasteiger partial charge in [0.05, 0.1) is 6.61 Å². The summed E-state index contributed by atoms with van der Waals surface area (Å²) >= 11 is 6.47. The molecule has 128 valence electrons. The first-order chi connectivity index (χ1) is 11.2. The molecule has 5 nitrogen and oxygen atoms in total. The molecule has 23 heavy (non-hydrogen) atoms. The Morgan fingerprint density at radius 3 is 2.70 bits per heavy atom. The number of aliphatic imine (C=N–C) groups is 1. The Hall–Kier alpha value is -1.30. The molecule has 1 aromatic rings. The maximum Gasteiger partial charge on any atom is 0.191 e. The van der Waals surface area contributed by atoms with Crippen LogP contribution in [0.25, 0.3) is 0 Å². The normalized spacial score (nSPS) is 17.8. The highest BCUT2D eigenvalue weighted by Crippen LogP contribution is 2.38. The van der Waals surface area contributed by atoms with E-state index < -0.39 is 0 Å². The van der Waals surface area contributed by atoms with E-state index in [0.29, 0.717) is 6.61 Å². The van der Waals surface area contributed by atoms with Gasteiger partial charge in [-0.1, -0.05) is 29.8 Å². The van der Waals surface area contributed by atoms with Gasteiger partial charge in [0.25, 0.3) is 0 Å². The highest BCUT2D eigenvalue weighted by atomic mass is 35.5. The van der Waals surface area contributed by atoms with Gasteiger partial charge in [-0.25, -0.2) is 0 Å². The van der Waals surface area contributed by atoms with E-state index in [9.17, 15) is 0 Å². The van der Waals surface area contributed by atoms with Gasteiger partial charge in [0, 0.05) is 50.9 Å². The first-order valence-corrected chi connectivity index (χ1v) is 8.36. The molecule has 0 aromatic heterocycles. The van der Waals surface area contributed by atoms with Gasteiger partial charge in [0.15, 0.2) is 5.96 Å². The maximum absolute atomic E-state index is 6.47. The number of guanidine groups is 1. The standard InChI is InChI=1S/C17H26ClN3O2/c1-19-16(20-9-12-22-2)21-13-17(7-10-23-11-8-17)14-5-3-4-6-15(14)18/h3-6H,7-13H2,1-2H3,(H2,19,20,21). The van der Waals surface area contributed by atoms with E-state index in [1.54, 1.807) is 14.2 Å². The summed E-state index contributed by atoms with van der Waals surface area (Å²) < 4.78 is 10.6. The van der Waals surface area contributed by atoms with Crippen molar-refractivity contribution in [2.24, 2.45) is 4.99 Å². The van der Waals surface area contributed by atoms with Crippen LogP contribution in [-0.4, -0.2) is 53.0 Å². The summed E-state index contributed by atoms with van der Waals surface area (Å²) in [5, 5.41) is 7.49. The first kappa shape index (κ1) is 18.0. The van der Waals surface area contributed by atoms with E-state index >= 15 is 0 Å². The number of rotatable bonds is 6. The highest BCUT2D eigenvalue weighted by Gasteiger charge is 2.36. The Bertz CT molecular complexity index is 516. The van der Waals surface area contributed by atoms with Crippen LogP contribution >= 0.6 is 11.6 Å². The number of nitrogens with one attached hydrogen (secondary N) is 2. The van der Waals surface area contributed by atoms with Crippen LogP contribution in [0, 0.1) is 0 Å². The molecule has 1 heterocycles. The minimum absolute atomic E-state index is 0.0323. The van der Waals surface area contributed by atoms with Gasteiger partial charge in [-0.2, -0.15) is 0 Å². The minimum Gasteiger partial charge on any atom is -0.383 e. The topological polar surface area (TPSA) is 54.9 Å². The van der Waals surface area contributed by atoms with Crippen LogP contribution in [0.5, 0.6) is 0 Å². The van der Waals surface area contributed by atoms with Crippen molar-refractivity contribution in [2.75, 3.05) is 47.1 Å². The Morgan fingerprint density at radius 1 is 1.30 bits per heavy atom. The number of hydrogen-bond donors (Lipinski definition) is 2. The lowest BCUT2D eigenvalue weighted by Gasteiger charge is -2.38. The molecule has 0 radical (unpaired) electrons. The predicted octanol–water partition coefficient (Wildman–Crippen LogP) is 2.20. The zero-order valence-electron chi connectivity index (χ0n) is 13.9. The van der Waals surface area contributed by atoms with Gasteiger partial charge in [0.1, 0.15) is 0 Å². The van der Waals surface area contributed by atoms with Crippen LogP contribution in [-0.2, 0) is 14.9 Å². The molecule has 1 aliphatic rings. The fourth-order valence-corrected chi connectivity index (χ4v) is 3.28. The summed E-state index contributed by atoms with van der Waals surface area (Å²) in [7, 11) is 3.46. The summed E-state index contributed by atoms with van der Waals surface area (Å²) in [6.45, 7) is 3.64. The molecule has 2 N–H and O–H groups in total. The molecular formula is C17H26ClN3O2. The van der Waals surface area contributed by atoms with Gasteiger partial charge in [-0.05, 0) is 24.5 Å². The van der Waals surface area contributed by atoms with Crippen molar-refractivity contribution < 1.29 is 9.47 Å². The van der Waals surface area contributed by atoms with Crippen molar-refractivity contribution in [1.29, 1.82) is 0 Å². The molecule has 0 bridgehead atoms. The van der Waals surface area contributed by atoms with Gasteiger partial charge in [-0.15, -0.1) is 0 Å². The molecule has 1 fully saturated rings. The highest BCUT2D eigenvalue weighted by molar-refractivity contribution is 6.31. The Labute approximate surface area is 143 Å². The zero-order valence-corrected chi connectivity index (χ0v) is 14.7. The Balaban J connectivity index is 2.09. The zero-order chi connectivity index (χ0) is 16.5. The number of nitrogens with zero attached hydrogens (tertiary/aromatic N) is 1. The minimum atomic E-state index is -0.0323. The lowest BCUT2D eigenvalue weighted by Crippen LogP contribution is -2.48. The van der Waals surface area contributed by atoms with E-state index in [-0.39, 0.29) is 5.41 Å². The second-order valence-electron chi connectivity index (χ2n) is 5.72. The molecule has 0 amide bonds. The number of benzene rings is 1. The summed E-state index contributed by atoms with van der Waals surface area (Å²) in [5.74, 6) is 0.778. The molecular weight excluding hydrogens is 314 g/mol. The van der Waals surface area contributed by atoms with Crippen LogP contribution < -0.4 is 10.6 Å². The first-order valence-electron chi connectivity index (χ1n) is 7.98. The number of ether oxygens (including phenoxy) is 2. The lowest BCUT2D eigenvalue weighted by atomic mass is 9.74. The van der Waals surface area contributed by atoms with Gasteiger partial charge >= 0.3 is 0 Å². The molecule has 1 saturated heterocycles. The molecule has 0 unspecified atom stereocenters. The third kappa shape index (κ3) is 4.83. The second-order valence-corrected chi connectivity index (χ2v) is 6.13. The molecule has 0 atom stereocenters. The Kier molecular flexibility index (Phi) is 7.15. The summed E-state index contributed by atoms with van der Waals surface area (Å²) in [6.07, 6.45) is 1.89. The third-order valence-corrected chi connectivity index (χ3v) is 4.64. The molecule has 1 aromatic carbocycles. The Morgan fingerprint density at radius 2 is 2.04 bits per heavy atom. The number of halogens is 1. The van der Waals surface area contributed by atoms with Gasteiger partial charge in [-0.3, -0.25) is 4.99 Å². The molecule has 0 aliphatic carbocycles. The van der Waals surface area contributed by atoms with E-state index in [2.05, 4.69) is 21.7 Å². The maximum atomic E-state index is 6.47. The van der Waals surface area contributed by atoms with Crippen LogP contribution in [0.15, 0.2) is 29.3 Å². The van der Waals surface area contributed by atoms with Crippen molar-refractivity contribution in [2.45, 2.75) is 18.3 Å². The molecule has 2 rings (SSSR count). The van der Waals surface area contributed by atoms with Crippen molar-refractivity contribution >= 4 is 17.6 Å². The van der Waals surface area contributed by atoms with E-state index in [1.807, 2.05) is 18.2 Å².